The van der Waals surface area contributed by atoms with Crippen molar-refractivity contribution in [3.8, 4) is 33.8 Å². The third-order valence-corrected chi connectivity index (χ3v) is 6.93. The van der Waals surface area contributed by atoms with Gasteiger partial charge in [0.2, 0.25) is 0 Å². The summed E-state index contributed by atoms with van der Waals surface area (Å²) in [5.74, 6) is 0.482. The smallest absolute Gasteiger partial charge is 0.307 e. The number of pyridine rings is 1. The molecule has 0 saturated heterocycles. The molecule has 0 fully saturated rings. The highest BCUT2D eigenvalue weighted by molar-refractivity contribution is 5.90. The molecule has 0 spiro atoms. The molecular weight excluding hydrogens is 481 g/mol. The number of halogens is 1. The van der Waals surface area contributed by atoms with Gasteiger partial charge < -0.3 is 14.6 Å². The Morgan fingerprint density at radius 1 is 0.974 bits per heavy atom. The molecule has 0 amide bonds. The van der Waals surface area contributed by atoms with E-state index in [-0.39, 0.29) is 12.2 Å². The zero-order valence-electron chi connectivity index (χ0n) is 21.6. The first-order chi connectivity index (χ1) is 18.4. The predicted octanol–water partition coefficient (Wildman–Crippen LogP) is 6.75. The zero-order chi connectivity index (χ0) is 26.6. The maximum absolute atomic E-state index is 13.1. The average molecular weight is 512 g/mol. The van der Waals surface area contributed by atoms with Crippen molar-refractivity contribution < 1.29 is 23.8 Å². The minimum atomic E-state index is -0.892. The van der Waals surface area contributed by atoms with Crippen molar-refractivity contribution in [1.29, 1.82) is 0 Å². The number of aliphatic carboxylic acids is 1. The minimum Gasteiger partial charge on any atom is -0.493 e. The molecule has 3 aromatic carbocycles. The molecule has 6 heteroatoms. The summed E-state index contributed by atoms with van der Waals surface area (Å²) in [6.45, 7) is 5.03. The quantitative estimate of drug-likeness (QED) is 0.284. The maximum Gasteiger partial charge on any atom is 0.307 e. The van der Waals surface area contributed by atoms with E-state index in [1.54, 1.807) is 12.1 Å². The summed E-state index contributed by atoms with van der Waals surface area (Å²) in [5.41, 5.74) is 8.15. The Kier molecular flexibility index (Phi) is 7.40. The second-order valence-corrected chi connectivity index (χ2v) is 9.61. The van der Waals surface area contributed by atoms with Crippen LogP contribution in [0, 0.1) is 19.7 Å². The fourth-order valence-corrected chi connectivity index (χ4v) is 5.10. The summed E-state index contributed by atoms with van der Waals surface area (Å²) in [7, 11) is 0. The molecule has 5 rings (SSSR count). The number of rotatable bonds is 8. The highest BCUT2D eigenvalue weighted by atomic mass is 19.1. The monoisotopic (exact) mass is 511 g/mol. The van der Waals surface area contributed by atoms with Gasteiger partial charge in [0.1, 0.15) is 17.3 Å². The number of fused-ring (bicyclic) bond motifs is 1. The number of aryl methyl sites for hydroxylation is 3. The van der Waals surface area contributed by atoms with Crippen LogP contribution in [0.15, 0.2) is 66.7 Å². The van der Waals surface area contributed by atoms with E-state index in [0.29, 0.717) is 19.6 Å². The largest absolute Gasteiger partial charge is 0.493 e. The van der Waals surface area contributed by atoms with Crippen molar-refractivity contribution in [2.24, 2.45) is 0 Å². The lowest BCUT2D eigenvalue weighted by Crippen LogP contribution is -2.10. The number of ether oxygens (including phenoxy) is 2. The summed E-state index contributed by atoms with van der Waals surface area (Å²) in [6, 6.07) is 20.4. The predicted molar refractivity (Wildman–Crippen MR) is 145 cm³/mol. The Hall–Kier alpha value is -4.19. The van der Waals surface area contributed by atoms with Crippen molar-refractivity contribution in [3.05, 3.63) is 101 Å². The van der Waals surface area contributed by atoms with Crippen LogP contribution in [0.2, 0.25) is 0 Å². The van der Waals surface area contributed by atoms with Gasteiger partial charge in [0, 0.05) is 23.4 Å². The molecule has 2 heterocycles. The molecule has 0 unspecified atom stereocenters. The van der Waals surface area contributed by atoms with Gasteiger partial charge >= 0.3 is 5.97 Å². The van der Waals surface area contributed by atoms with E-state index in [2.05, 4.69) is 6.07 Å². The lowest BCUT2D eigenvalue weighted by atomic mass is 9.86. The van der Waals surface area contributed by atoms with Crippen molar-refractivity contribution in [3.63, 3.8) is 0 Å². The molecule has 0 saturated carbocycles. The molecule has 1 N–H and O–H groups in total. The maximum atomic E-state index is 13.1. The number of nitrogens with zero attached hydrogens (tertiary/aromatic N) is 1. The Labute approximate surface area is 221 Å². The van der Waals surface area contributed by atoms with E-state index < -0.39 is 5.97 Å². The summed E-state index contributed by atoms with van der Waals surface area (Å²) in [6.07, 6.45) is 2.45. The molecule has 1 aromatic heterocycles. The van der Waals surface area contributed by atoms with Gasteiger partial charge in [0.15, 0.2) is 0 Å². The summed E-state index contributed by atoms with van der Waals surface area (Å²) in [5, 5.41) is 9.72. The number of carboxylic acid groups (broad SMARTS) is 1. The van der Waals surface area contributed by atoms with Crippen LogP contribution in [0.3, 0.4) is 0 Å². The zero-order valence-corrected chi connectivity index (χ0v) is 21.6. The van der Waals surface area contributed by atoms with E-state index in [0.717, 1.165) is 74.7 Å². The normalized spacial score (nSPS) is 12.5. The minimum absolute atomic E-state index is 0.111. The molecule has 0 aliphatic carbocycles. The van der Waals surface area contributed by atoms with Gasteiger partial charge in [-0.25, -0.2) is 4.39 Å². The number of hydrogen-bond donors (Lipinski definition) is 1. The van der Waals surface area contributed by atoms with Gasteiger partial charge in [-0.15, -0.1) is 0 Å². The van der Waals surface area contributed by atoms with E-state index >= 15 is 0 Å². The second-order valence-electron chi connectivity index (χ2n) is 9.61. The van der Waals surface area contributed by atoms with Crippen LogP contribution in [0.4, 0.5) is 4.39 Å². The van der Waals surface area contributed by atoms with Crippen molar-refractivity contribution >= 4 is 5.97 Å². The molecule has 0 atom stereocenters. The molecule has 0 radical (unpaired) electrons. The third-order valence-electron chi connectivity index (χ3n) is 6.93. The number of carbonyl (C=O) groups is 1. The number of hydrogen-bond acceptors (Lipinski definition) is 4. The first kappa shape index (κ1) is 25.5. The van der Waals surface area contributed by atoms with E-state index in [9.17, 15) is 14.3 Å². The first-order valence-corrected chi connectivity index (χ1v) is 12.8. The third kappa shape index (κ3) is 5.54. The van der Waals surface area contributed by atoms with Crippen LogP contribution in [0.5, 0.6) is 11.5 Å². The van der Waals surface area contributed by atoms with Crippen LogP contribution in [0.1, 0.15) is 34.5 Å². The Morgan fingerprint density at radius 2 is 1.71 bits per heavy atom. The van der Waals surface area contributed by atoms with Gasteiger partial charge in [0.05, 0.1) is 19.6 Å². The summed E-state index contributed by atoms with van der Waals surface area (Å²) < 4.78 is 24.9. The van der Waals surface area contributed by atoms with E-state index in [1.165, 1.54) is 12.1 Å². The van der Waals surface area contributed by atoms with Crippen molar-refractivity contribution in [2.75, 3.05) is 13.2 Å². The Morgan fingerprint density at radius 3 is 2.45 bits per heavy atom. The summed E-state index contributed by atoms with van der Waals surface area (Å²) in [4.78, 5) is 16.6. The van der Waals surface area contributed by atoms with E-state index in [4.69, 9.17) is 14.5 Å². The Bertz CT molecular complexity index is 1460. The Balaban J connectivity index is 1.49. The molecule has 1 aliphatic rings. The van der Waals surface area contributed by atoms with Gasteiger partial charge in [-0.2, -0.15) is 0 Å². The SMILES string of the molecule is Cc1nc(C)c(-c2ccc(OCCc3ccc(F)cc3)cc2)c(-c2ccc3c(c2)CCCO3)c1CC(=O)O. The number of carboxylic acids is 1. The average Bonchev–Trinajstić information content (AvgIpc) is 2.91. The molecule has 5 nitrogen and oxygen atoms in total. The molecule has 38 heavy (non-hydrogen) atoms. The highest BCUT2D eigenvalue weighted by Gasteiger charge is 2.22. The van der Waals surface area contributed by atoms with Gasteiger partial charge in [-0.05, 0) is 96.5 Å². The highest BCUT2D eigenvalue weighted by Crippen LogP contribution is 2.41. The van der Waals surface area contributed by atoms with Crippen LogP contribution >= 0.6 is 0 Å². The molecule has 1 aliphatic heterocycles. The number of benzene rings is 3. The summed E-state index contributed by atoms with van der Waals surface area (Å²) >= 11 is 0. The fourth-order valence-electron chi connectivity index (χ4n) is 5.10. The molecule has 4 aromatic rings. The molecular formula is C32H30FNO4. The van der Waals surface area contributed by atoms with E-state index in [1.807, 2.05) is 50.2 Å². The van der Waals surface area contributed by atoms with Gasteiger partial charge in [-0.1, -0.05) is 30.3 Å². The van der Waals surface area contributed by atoms with Crippen LogP contribution < -0.4 is 9.47 Å². The second kappa shape index (κ2) is 11.1. The van der Waals surface area contributed by atoms with Crippen molar-refractivity contribution in [1.82, 2.24) is 4.98 Å². The fraction of sp³-hybridized carbons (Fsp3) is 0.250. The number of aromatic nitrogens is 1. The van der Waals surface area contributed by atoms with Crippen molar-refractivity contribution in [2.45, 2.75) is 39.5 Å². The standard InChI is InChI=1S/C32H30FNO4/c1-20-28(19-30(35)36)32(25-9-14-29-24(18-25)4-3-16-38-29)31(21(2)34-20)23-7-12-27(13-8-23)37-17-15-22-5-10-26(33)11-6-22/h5-14,18H,3-4,15-17,19H2,1-2H3,(H,35,36). The lowest BCUT2D eigenvalue weighted by molar-refractivity contribution is -0.136. The van der Waals surface area contributed by atoms with Crippen LogP contribution in [0.25, 0.3) is 22.3 Å². The molecule has 194 valence electrons. The topological polar surface area (TPSA) is 68.7 Å². The van der Waals surface area contributed by atoms with Crippen LogP contribution in [-0.2, 0) is 24.1 Å². The van der Waals surface area contributed by atoms with Gasteiger partial charge in [-0.3, -0.25) is 9.78 Å². The first-order valence-electron chi connectivity index (χ1n) is 12.8. The van der Waals surface area contributed by atoms with Crippen LogP contribution in [-0.4, -0.2) is 29.3 Å². The van der Waals surface area contributed by atoms with Gasteiger partial charge in [0.25, 0.3) is 0 Å². The molecule has 0 bridgehead atoms. The lowest BCUT2D eigenvalue weighted by Gasteiger charge is -2.22.